The van der Waals surface area contributed by atoms with Crippen LogP contribution < -0.4 is 10.1 Å². The quantitative estimate of drug-likeness (QED) is 0.686. The van der Waals surface area contributed by atoms with Crippen molar-refractivity contribution in [3.63, 3.8) is 0 Å². The predicted octanol–water partition coefficient (Wildman–Crippen LogP) is 3.69. The second kappa shape index (κ2) is 8.64. The van der Waals surface area contributed by atoms with E-state index in [2.05, 4.69) is 5.32 Å². The zero-order valence-corrected chi connectivity index (χ0v) is 16.9. The molecule has 156 valence electrons. The highest BCUT2D eigenvalue weighted by molar-refractivity contribution is 7.91. The molecule has 0 aromatic heterocycles. The number of sulfone groups is 1. The third-order valence-electron chi connectivity index (χ3n) is 4.51. The summed E-state index contributed by atoms with van der Waals surface area (Å²) in [5.41, 5.74) is -0.462. The van der Waals surface area contributed by atoms with Gasteiger partial charge in [-0.3, -0.25) is 4.79 Å². The van der Waals surface area contributed by atoms with Crippen LogP contribution in [0, 0.1) is 17.6 Å². The van der Waals surface area contributed by atoms with Crippen LogP contribution in [0.4, 0.5) is 14.5 Å². The summed E-state index contributed by atoms with van der Waals surface area (Å²) in [6, 6.07) is 5.33. The minimum atomic E-state index is -3.68. The fourth-order valence-electron chi connectivity index (χ4n) is 2.99. The maximum atomic E-state index is 13.9. The second-order valence-corrected chi connectivity index (χ2v) is 9.01. The van der Waals surface area contributed by atoms with Gasteiger partial charge in [-0.05, 0) is 36.6 Å². The maximum Gasteiger partial charge on any atom is 0.259 e. The lowest BCUT2D eigenvalue weighted by Crippen LogP contribution is -2.18. The summed E-state index contributed by atoms with van der Waals surface area (Å²) in [4.78, 5) is 12.6. The molecule has 0 radical (unpaired) electrons. The number of hydrogen-bond donors (Lipinski definition) is 1. The molecule has 0 unspecified atom stereocenters. The van der Waals surface area contributed by atoms with Crippen LogP contribution in [0.1, 0.15) is 16.8 Å². The van der Waals surface area contributed by atoms with Gasteiger partial charge in [0.2, 0.25) is 0 Å². The molecule has 0 spiro atoms. The van der Waals surface area contributed by atoms with Crippen molar-refractivity contribution in [1.29, 1.82) is 0 Å². The standard InChI is InChI=1S/C19H18ClF2NO5S/c1-27-18-3-2-12(29(25,26)10-11-4-5-28-9-11)6-13(18)19(24)23-17-7-14(20)15(21)8-16(17)22/h2-3,6-8,11H,4-5,9-10H2,1H3,(H,23,24)/t11-/m0/s1. The Morgan fingerprint density at radius 1 is 1.28 bits per heavy atom. The SMILES string of the molecule is COc1ccc(S(=O)(=O)C[C@H]2CCOC2)cc1C(=O)Nc1cc(Cl)c(F)cc1F. The van der Waals surface area contributed by atoms with Crippen LogP contribution in [0.3, 0.4) is 0 Å². The highest BCUT2D eigenvalue weighted by atomic mass is 35.5. The molecular formula is C19H18ClF2NO5S. The number of methoxy groups -OCH3 is 1. The molecule has 0 saturated carbocycles. The van der Waals surface area contributed by atoms with E-state index < -0.39 is 27.4 Å². The highest BCUT2D eigenvalue weighted by Gasteiger charge is 2.26. The van der Waals surface area contributed by atoms with Gasteiger partial charge in [-0.2, -0.15) is 0 Å². The Bertz CT molecular complexity index is 1040. The zero-order valence-electron chi connectivity index (χ0n) is 15.4. The van der Waals surface area contributed by atoms with E-state index >= 15 is 0 Å². The van der Waals surface area contributed by atoms with Crippen LogP contribution in [0.5, 0.6) is 5.75 Å². The molecule has 1 aliphatic rings. The number of hydrogen-bond acceptors (Lipinski definition) is 5. The molecule has 6 nitrogen and oxygen atoms in total. The summed E-state index contributed by atoms with van der Waals surface area (Å²) in [7, 11) is -2.37. The lowest BCUT2D eigenvalue weighted by Gasteiger charge is -2.13. The molecule has 1 aliphatic heterocycles. The van der Waals surface area contributed by atoms with Crippen molar-refractivity contribution in [2.45, 2.75) is 11.3 Å². The molecule has 1 N–H and O–H groups in total. The van der Waals surface area contributed by atoms with Crippen molar-refractivity contribution in [3.8, 4) is 5.75 Å². The van der Waals surface area contributed by atoms with Crippen molar-refractivity contribution in [3.05, 3.63) is 52.6 Å². The maximum absolute atomic E-state index is 13.9. The first-order valence-corrected chi connectivity index (χ1v) is 10.7. The molecule has 0 aliphatic carbocycles. The number of halogens is 3. The number of carbonyl (C=O) groups excluding carboxylic acids is 1. The number of amides is 1. The van der Waals surface area contributed by atoms with Crippen LogP contribution >= 0.6 is 11.6 Å². The molecule has 3 rings (SSSR count). The van der Waals surface area contributed by atoms with Gasteiger partial charge in [-0.15, -0.1) is 0 Å². The fraction of sp³-hybridized carbons (Fsp3) is 0.316. The van der Waals surface area contributed by atoms with Gasteiger partial charge in [-0.1, -0.05) is 11.6 Å². The summed E-state index contributed by atoms with van der Waals surface area (Å²) in [5.74, 6) is -2.95. The fourth-order valence-corrected chi connectivity index (χ4v) is 4.80. The lowest BCUT2D eigenvalue weighted by molar-refractivity contribution is 0.102. The summed E-state index contributed by atoms with van der Waals surface area (Å²) in [6.07, 6.45) is 0.646. The number of carbonyl (C=O) groups is 1. The molecule has 10 heteroatoms. The molecule has 1 amide bonds. The zero-order chi connectivity index (χ0) is 21.2. The Morgan fingerprint density at radius 2 is 2.03 bits per heavy atom. The summed E-state index contributed by atoms with van der Waals surface area (Å²) >= 11 is 5.63. The first kappa shape index (κ1) is 21.5. The van der Waals surface area contributed by atoms with Gasteiger partial charge in [0.25, 0.3) is 5.91 Å². The molecule has 0 bridgehead atoms. The Hall–Kier alpha value is -2.23. The number of rotatable bonds is 6. The van der Waals surface area contributed by atoms with Gasteiger partial charge < -0.3 is 14.8 Å². The van der Waals surface area contributed by atoms with Gasteiger partial charge >= 0.3 is 0 Å². The van der Waals surface area contributed by atoms with E-state index in [-0.39, 0.29) is 38.6 Å². The lowest BCUT2D eigenvalue weighted by atomic mass is 10.1. The molecule has 2 aromatic rings. The van der Waals surface area contributed by atoms with Crippen molar-refractivity contribution in [1.82, 2.24) is 0 Å². The van der Waals surface area contributed by atoms with Gasteiger partial charge in [0.05, 0.1) is 40.6 Å². The van der Waals surface area contributed by atoms with Crippen molar-refractivity contribution in [2.75, 3.05) is 31.4 Å². The van der Waals surface area contributed by atoms with E-state index in [1.807, 2.05) is 0 Å². The van der Waals surface area contributed by atoms with Crippen LogP contribution in [0.25, 0.3) is 0 Å². The largest absolute Gasteiger partial charge is 0.496 e. The molecule has 29 heavy (non-hydrogen) atoms. The second-order valence-electron chi connectivity index (χ2n) is 6.57. The van der Waals surface area contributed by atoms with Crippen LogP contribution in [0.15, 0.2) is 35.2 Å². The topological polar surface area (TPSA) is 81.7 Å². The summed E-state index contributed by atoms with van der Waals surface area (Å²) < 4.78 is 63.0. The average molecular weight is 446 g/mol. The summed E-state index contributed by atoms with van der Waals surface area (Å²) in [5, 5.41) is 1.89. The van der Waals surface area contributed by atoms with Gasteiger partial charge in [0.15, 0.2) is 9.84 Å². The van der Waals surface area contributed by atoms with Crippen LogP contribution in [-0.4, -0.2) is 40.4 Å². The first-order chi connectivity index (χ1) is 13.7. The monoisotopic (exact) mass is 445 g/mol. The average Bonchev–Trinajstić information content (AvgIpc) is 3.17. The normalized spacial score (nSPS) is 16.6. The number of benzene rings is 2. The van der Waals surface area contributed by atoms with E-state index in [1.165, 1.54) is 25.3 Å². The van der Waals surface area contributed by atoms with Gasteiger partial charge in [-0.25, -0.2) is 17.2 Å². The molecule has 1 heterocycles. The Kier molecular flexibility index (Phi) is 6.40. The minimum absolute atomic E-state index is 0.0621. The highest BCUT2D eigenvalue weighted by Crippen LogP contribution is 2.28. The van der Waals surface area contributed by atoms with Crippen molar-refractivity contribution >= 4 is 33.0 Å². The number of anilines is 1. The Balaban J connectivity index is 1.90. The van der Waals surface area contributed by atoms with Crippen LogP contribution in [0.2, 0.25) is 5.02 Å². The summed E-state index contributed by atoms with van der Waals surface area (Å²) in [6.45, 7) is 0.885. The first-order valence-electron chi connectivity index (χ1n) is 8.65. The third kappa shape index (κ3) is 4.85. The van der Waals surface area contributed by atoms with E-state index in [9.17, 15) is 22.0 Å². The van der Waals surface area contributed by atoms with E-state index in [4.69, 9.17) is 21.1 Å². The van der Waals surface area contributed by atoms with Crippen molar-refractivity contribution < 1.29 is 31.5 Å². The minimum Gasteiger partial charge on any atom is -0.496 e. The van der Waals surface area contributed by atoms with Gasteiger partial charge in [0.1, 0.15) is 17.4 Å². The van der Waals surface area contributed by atoms with E-state index in [0.717, 1.165) is 6.07 Å². The molecule has 1 saturated heterocycles. The molecule has 2 aromatic carbocycles. The third-order valence-corrected chi connectivity index (χ3v) is 6.68. The Morgan fingerprint density at radius 3 is 2.69 bits per heavy atom. The van der Waals surface area contributed by atoms with E-state index in [0.29, 0.717) is 25.7 Å². The van der Waals surface area contributed by atoms with Gasteiger partial charge in [0, 0.05) is 12.7 Å². The molecule has 1 fully saturated rings. The Labute approximate surface area is 171 Å². The van der Waals surface area contributed by atoms with Crippen molar-refractivity contribution in [2.24, 2.45) is 5.92 Å². The van der Waals surface area contributed by atoms with Crippen LogP contribution in [-0.2, 0) is 14.6 Å². The molecule has 1 atom stereocenters. The smallest absolute Gasteiger partial charge is 0.259 e. The van der Waals surface area contributed by atoms with E-state index in [1.54, 1.807) is 0 Å². The number of nitrogens with one attached hydrogen (secondary N) is 1. The number of ether oxygens (including phenoxy) is 2. The predicted molar refractivity (Wildman–Crippen MR) is 103 cm³/mol. The molecular weight excluding hydrogens is 428 g/mol.